The molecule has 0 N–H and O–H groups in total. The molecule has 1 atom stereocenters. The van der Waals surface area contributed by atoms with Crippen LogP contribution in [0.3, 0.4) is 0 Å². The van der Waals surface area contributed by atoms with E-state index in [2.05, 4.69) is 29.1 Å². The quantitative estimate of drug-likeness (QED) is 0.719. The SMILES string of the molecule is CC(c1ccccc1)c1ncnn1C. The van der Waals surface area contributed by atoms with Gasteiger partial charge in [-0.2, -0.15) is 5.10 Å². The van der Waals surface area contributed by atoms with Crippen molar-refractivity contribution < 1.29 is 0 Å². The molecule has 0 saturated carbocycles. The zero-order valence-electron chi connectivity index (χ0n) is 8.38. The molecule has 1 heterocycles. The molecule has 0 aliphatic rings. The van der Waals surface area contributed by atoms with Crippen LogP contribution in [0.25, 0.3) is 0 Å². The zero-order valence-corrected chi connectivity index (χ0v) is 8.38. The summed E-state index contributed by atoms with van der Waals surface area (Å²) in [5, 5.41) is 4.07. The van der Waals surface area contributed by atoms with Gasteiger partial charge in [0.25, 0.3) is 0 Å². The lowest BCUT2D eigenvalue weighted by Gasteiger charge is -2.10. The molecule has 1 aromatic heterocycles. The summed E-state index contributed by atoms with van der Waals surface area (Å²) in [5.41, 5.74) is 1.27. The molecule has 3 nitrogen and oxygen atoms in total. The fourth-order valence-electron chi connectivity index (χ4n) is 1.59. The molecule has 0 amide bonds. The van der Waals surface area contributed by atoms with Gasteiger partial charge >= 0.3 is 0 Å². The van der Waals surface area contributed by atoms with Crippen molar-refractivity contribution in [3.05, 3.63) is 48.0 Å². The minimum absolute atomic E-state index is 0.295. The van der Waals surface area contributed by atoms with Gasteiger partial charge < -0.3 is 0 Å². The molecular weight excluding hydrogens is 174 g/mol. The maximum absolute atomic E-state index is 4.24. The van der Waals surface area contributed by atoms with E-state index in [1.807, 2.05) is 29.9 Å². The summed E-state index contributed by atoms with van der Waals surface area (Å²) in [5.74, 6) is 1.29. The van der Waals surface area contributed by atoms with Crippen molar-refractivity contribution in [2.45, 2.75) is 12.8 Å². The number of aromatic nitrogens is 3. The van der Waals surface area contributed by atoms with E-state index in [0.717, 1.165) is 5.82 Å². The Morgan fingerprint density at radius 2 is 1.93 bits per heavy atom. The van der Waals surface area contributed by atoms with Crippen molar-refractivity contribution in [2.75, 3.05) is 0 Å². The summed E-state index contributed by atoms with van der Waals surface area (Å²) < 4.78 is 1.82. The number of hydrogen-bond donors (Lipinski definition) is 0. The Labute approximate surface area is 83.4 Å². The van der Waals surface area contributed by atoms with Crippen molar-refractivity contribution in [1.82, 2.24) is 14.8 Å². The summed E-state index contributed by atoms with van der Waals surface area (Å²) >= 11 is 0. The maximum Gasteiger partial charge on any atom is 0.138 e. The van der Waals surface area contributed by atoms with Crippen LogP contribution in [0.1, 0.15) is 24.2 Å². The van der Waals surface area contributed by atoms with E-state index in [4.69, 9.17) is 0 Å². The highest BCUT2D eigenvalue weighted by molar-refractivity contribution is 5.24. The van der Waals surface area contributed by atoms with E-state index in [1.54, 1.807) is 6.33 Å². The minimum Gasteiger partial charge on any atom is -0.253 e. The molecule has 0 radical (unpaired) electrons. The number of rotatable bonds is 2. The van der Waals surface area contributed by atoms with E-state index in [-0.39, 0.29) is 0 Å². The van der Waals surface area contributed by atoms with Gasteiger partial charge in [0, 0.05) is 13.0 Å². The topological polar surface area (TPSA) is 30.7 Å². The maximum atomic E-state index is 4.24. The van der Waals surface area contributed by atoms with Crippen LogP contribution < -0.4 is 0 Å². The minimum atomic E-state index is 0.295. The molecule has 0 spiro atoms. The lowest BCUT2D eigenvalue weighted by molar-refractivity contribution is 0.672. The predicted octanol–water partition coefficient (Wildman–Crippen LogP) is 1.97. The Hall–Kier alpha value is -1.64. The number of nitrogens with zero attached hydrogens (tertiary/aromatic N) is 3. The highest BCUT2D eigenvalue weighted by Crippen LogP contribution is 2.20. The van der Waals surface area contributed by atoms with E-state index in [0.29, 0.717) is 5.92 Å². The third kappa shape index (κ3) is 1.53. The van der Waals surface area contributed by atoms with Crippen LogP contribution in [0.5, 0.6) is 0 Å². The van der Waals surface area contributed by atoms with Gasteiger partial charge in [0.2, 0.25) is 0 Å². The molecule has 0 bridgehead atoms. The van der Waals surface area contributed by atoms with Gasteiger partial charge in [-0.25, -0.2) is 4.98 Å². The fraction of sp³-hybridized carbons (Fsp3) is 0.273. The Bertz CT molecular complexity index is 405. The summed E-state index contributed by atoms with van der Waals surface area (Å²) in [6.45, 7) is 2.14. The van der Waals surface area contributed by atoms with E-state index < -0.39 is 0 Å². The zero-order chi connectivity index (χ0) is 9.97. The summed E-state index contributed by atoms with van der Waals surface area (Å²) in [6, 6.07) is 10.3. The third-order valence-electron chi connectivity index (χ3n) is 2.43. The molecule has 0 aliphatic carbocycles. The van der Waals surface area contributed by atoms with Gasteiger partial charge in [-0.3, -0.25) is 4.68 Å². The standard InChI is InChI=1S/C11H13N3/c1-9(10-6-4-3-5-7-10)11-12-8-13-14(11)2/h3-9H,1-2H3. The molecule has 3 heteroatoms. The van der Waals surface area contributed by atoms with Crippen LogP contribution in [0.2, 0.25) is 0 Å². The molecule has 72 valence electrons. The van der Waals surface area contributed by atoms with Crippen LogP contribution in [-0.2, 0) is 7.05 Å². The first-order chi connectivity index (χ1) is 6.79. The van der Waals surface area contributed by atoms with Gasteiger partial charge in [-0.15, -0.1) is 0 Å². The lowest BCUT2D eigenvalue weighted by atomic mass is 10.0. The highest BCUT2D eigenvalue weighted by atomic mass is 15.3. The molecule has 0 saturated heterocycles. The second-order valence-electron chi connectivity index (χ2n) is 3.37. The molecule has 1 aromatic carbocycles. The summed E-state index contributed by atoms with van der Waals surface area (Å²) in [6.07, 6.45) is 1.59. The average Bonchev–Trinajstić information content (AvgIpc) is 2.65. The Morgan fingerprint density at radius 3 is 2.50 bits per heavy atom. The molecule has 0 fully saturated rings. The van der Waals surface area contributed by atoms with Crippen LogP contribution in [-0.4, -0.2) is 14.8 Å². The van der Waals surface area contributed by atoms with Crippen LogP contribution >= 0.6 is 0 Å². The van der Waals surface area contributed by atoms with Crippen molar-refractivity contribution in [3.8, 4) is 0 Å². The molecule has 1 unspecified atom stereocenters. The second kappa shape index (κ2) is 3.62. The van der Waals surface area contributed by atoms with Crippen molar-refractivity contribution in [2.24, 2.45) is 7.05 Å². The highest BCUT2D eigenvalue weighted by Gasteiger charge is 2.12. The van der Waals surface area contributed by atoms with Gasteiger partial charge in [0.15, 0.2) is 0 Å². The Morgan fingerprint density at radius 1 is 1.21 bits per heavy atom. The first-order valence-electron chi connectivity index (χ1n) is 4.68. The normalized spacial score (nSPS) is 12.7. The predicted molar refractivity (Wildman–Crippen MR) is 55.0 cm³/mol. The van der Waals surface area contributed by atoms with Crippen molar-refractivity contribution in [3.63, 3.8) is 0 Å². The van der Waals surface area contributed by atoms with Crippen molar-refractivity contribution >= 4 is 0 Å². The Kier molecular flexibility index (Phi) is 2.31. The third-order valence-corrected chi connectivity index (χ3v) is 2.43. The molecular formula is C11H13N3. The van der Waals surface area contributed by atoms with E-state index in [9.17, 15) is 0 Å². The van der Waals surface area contributed by atoms with Gasteiger partial charge in [0.05, 0.1) is 0 Å². The van der Waals surface area contributed by atoms with Gasteiger partial charge in [-0.05, 0) is 5.56 Å². The lowest BCUT2D eigenvalue weighted by Crippen LogP contribution is -2.05. The Balaban J connectivity index is 2.34. The number of benzene rings is 1. The smallest absolute Gasteiger partial charge is 0.138 e. The van der Waals surface area contributed by atoms with E-state index in [1.165, 1.54) is 5.56 Å². The van der Waals surface area contributed by atoms with Crippen LogP contribution in [0, 0.1) is 0 Å². The average molecular weight is 187 g/mol. The molecule has 2 rings (SSSR count). The fourth-order valence-corrected chi connectivity index (χ4v) is 1.59. The number of aryl methyl sites for hydroxylation is 1. The number of hydrogen-bond acceptors (Lipinski definition) is 2. The second-order valence-corrected chi connectivity index (χ2v) is 3.37. The van der Waals surface area contributed by atoms with Gasteiger partial charge in [-0.1, -0.05) is 37.3 Å². The van der Waals surface area contributed by atoms with Crippen LogP contribution in [0.4, 0.5) is 0 Å². The summed E-state index contributed by atoms with van der Waals surface area (Å²) in [4.78, 5) is 4.24. The molecule has 2 aromatic rings. The van der Waals surface area contributed by atoms with Crippen molar-refractivity contribution in [1.29, 1.82) is 0 Å². The largest absolute Gasteiger partial charge is 0.253 e. The monoisotopic (exact) mass is 187 g/mol. The van der Waals surface area contributed by atoms with Crippen LogP contribution in [0.15, 0.2) is 36.7 Å². The summed E-state index contributed by atoms with van der Waals surface area (Å²) in [7, 11) is 1.92. The van der Waals surface area contributed by atoms with E-state index >= 15 is 0 Å². The van der Waals surface area contributed by atoms with Gasteiger partial charge in [0.1, 0.15) is 12.2 Å². The molecule has 14 heavy (non-hydrogen) atoms. The first-order valence-corrected chi connectivity index (χ1v) is 4.68. The molecule has 0 aliphatic heterocycles. The first kappa shape index (κ1) is 8.94.